The number of anilines is 1. The monoisotopic (exact) mass is 644 g/mol. The third-order valence-electron chi connectivity index (χ3n) is 4.82. The number of halogens is 3. The Labute approximate surface area is 231 Å². The molecule has 4 nitrogen and oxygen atoms in total. The quantitative estimate of drug-likeness (QED) is 0.218. The Hall–Kier alpha value is -2.77. The van der Waals surface area contributed by atoms with Crippen molar-refractivity contribution in [2.45, 2.75) is 0 Å². The second-order valence-electron chi connectivity index (χ2n) is 7.38. The molecule has 0 atom stereocenters. The number of amides is 1. The van der Waals surface area contributed by atoms with E-state index in [9.17, 15) is 9.59 Å². The molecule has 0 unspecified atom stereocenters. The van der Waals surface area contributed by atoms with Crippen molar-refractivity contribution in [1.29, 1.82) is 0 Å². The summed E-state index contributed by atoms with van der Waals surface area (Å²) in [5.41, 5.74) is 0.178. The van der Waals surface area contributed by atoms with Gasteiger partial charge in [-0.05, 0) is 12.1 Å². The van der Waals surface area contributed by atoms with Crippen molar-refractivity contribution < 1.29 is 14.7 Å². The first-order valence-electron chi connectivity index (χ1n) is 10.7. The topological polar surface area (TPSA) is 66.4 Å². The third kappa shape index (κ3) is 8.42. The van der Waals surface area contributed by atoms with Gasteiger partial charge in [-0.2, -0.15) is 0 Å². The molecule has 0 saturated heterocycles. The summed E-state index contributed by atoms with van der Waals surface area (Å²) in [6.07, 6.45) is 1.55. The normalized spacial score (nSPS) is 10.6. The predicted molar refractivity (Wildman–Crippen MR) is 151 cm³/mol. The molecule has 2 N–H and O–H groups in total. The van der Waals surface area contributed by atoms with Gasteiger partial charge in [0, 0.05) is 17.2 Å². The Balaban J connectivity index is 0.000000202. The van der Waals surface area contributed by atoms with Crippen molar-refractivity contribution in [1.82, 2.24) is 0 Å². The van der Waals surface area contributed by atoms with Crippen LogP contribution in [-0.4, -0.2) is 36.7 Å². The van der Waals surface area contributed by atoms with Crippen molar-refractivity contribution >= 4 is 82.9 Å². The molecule has 181 valence electrons. The van der Waals surface area contributed by atoms with Crippen LogP contribution in [0, 0.1) is 0 Å². The van der Waals surface area contributed by atoms with E-state index in [1.165, 1.54) is 22.9 Å². The molecule has 0 fully saturated rings. The van der Waals surface area contributed by atoms with Crippen LogP contribution < -0.4 is 16.1 Å². The van der Waals surface area contributed by atoms with Crippen LogP contribution in [0.4, 0.5) is 5.69 Å². The van der Waals surface area contributed by atoms with E-state index in [2.05, 4.69) is 96.3 Å². The van der Waals surface area contributed by atoms with Crippen LogP contribution in [0.25, 0.3) is 0 Å². The molecule has 0 spiro atoms. The molecule has 1 amide bonds. The second-order valence-corrected chi connectivity index (χ2v) is 15.7. The Morgan fingerprint density at radius 1 is 0.667 bits per heavy atom. The minimum atomic E-state index is -1.98. The molecule has 0 aliphatic heterocycles. The summed E-state index contributed by atoms with van der Waals surface area (Å²) >= 11 is 15.3. The van der Waals surface area contributed by atoms with Gasteiger partial charge in [-0.3, -0.25) is 4.79 Å². The maximum absolute atomic E-state index is 11.3. The van der Waals surface area contributed by atoms with Crippen molar-refractivity contribution in [2.24, 2.45) is 0 Å². The Morgan fingerprint density at radius 3 is 1.42 bits per heavy atom. The van der Waals surface area contributed by atoms with Crippen molar-refractivity contribution in [3.05, 3.63) is 130 Å². The molecule has 4 rings (SSSR count). The molecule has 0 aliphatic carbocycles. The number of carboxylic acid groups (broad SMARTS) is 1. The van der Waals surface area contributed by atoms with Gasteiger partial charge >= 0.3 is 127 Å². The first-order valence-corrected chi connectivity index (χ1v) is 16.2. The standard InChI is InChI=1S/C10H6Cl3NO3.3C6H5.Sn/c11-5-3-6(12)10(7(13)4-5)14-8(15)1-2-9(16)17;3*1-2-4-6-5-3-1;/h1-4H,(H,14,15)(H,16,17);3*1-5H;/b2-1+;;;;. The summed E-state index contributed by atoms with van der Waals surface area (Å²) < 4.78 is 4.59. The number of carbonyl (C=O) groups excluding carboxylic acids is 1. The average molecular weight is 645 g/mol. The van der Waals surface area contributed by atoms with Crippen LogP contribution in [0.1, 0.15) is 0 Å². The van der Waals surface area contributed by atoms with E-state index >= 15 is 0 Å². The van der Waals surface area contributed by atoms with Gasteiger partial charge in [0.15, 0.2) is 0 Å². The molecule has 0 aliphatic rings. The van der Waals surface area contributed by atoms with Crippen LogP contribution >= 0.6 is 34.8 Å². The molecule has 0 heterocycles. The Morgan fingerprint density at radius 2 is 1.06 bits per heavy atom. The van der Waals surface area contributed by atoms with Crippen LogP contribution in [0.5, 0.6) is 0 Å². The molecule has 8 heteroatoms. The van der Waals surface area contributed by atoms with E-state index < -0.39 is 31.6 Å². The van der Waals surface area contributed by atoms with Gasteiger partial charge in [0.2, 0.25) is 5.91 Å². The summed E-state index contributed by atoms with van der Waals surface area (Å²) in [6.45, 7) is 0. The molecular weight excluding hydrogens is 623 g/mol. The van der Waals surface area contributed by atoms with E-state index in [4.69, 9.17) is 39.9 Å². The zero-order valence-electron chi connectivity index (χ0n) is 18.9. The fraction of sp³-hybridized carbons (Fsp3) is 0. The zero-order chi connectivity index (χ0) is 25.9. The van der Waals surface area contributed by atoms with Crippen molar-refractivity contribution in [2.75, 3.05) is 5.32 Å². The molecule has 0 bridgehead atoms. The Bertz CT molecular complexity index is 1220. The van der Waals surface area contributed by atoms with Crippen LogP contribution in [0.15, 0.2) is 115 Å². The van der Waals surface area contributed by atoms with Gasteiger partial charge in [-0.1, -0.05) is 34.8 Å². The fourth-order valence-corrected chi connectivity index (χ4v) is 11.6. The van der Waals surface area contributed by atoms with Gasteiger partial charge in [-0.15, -0.1) is 0 Å². The van der Waals surface area contributed by atoms with Crippen molar-refractivity contribution in [3.8, 4) is 0 Å². The number of carbonyl (C=O) groups is 2. The number of nitrogens with one attached hydrogen (secondary N) is 1. The molecule has 36 heavy (non-hydrogen) atoms. The third-order valence-corrected chi connectivity index (χ3v) is 13.4. The number of carboxylic acids is 1. The van der Waals surface area contributed by atoms with E-state index in [1.807, 2.05) is 0 Å². The SMILES string of the molecule is O=C(O)/C=C/C(=O)Nc1c(Cl)cc(Cl)cc1Cl.c1cc[c]([Sn]([c]2ccccc2)[c]2ccccc2)cc1. The fourth-order valence-electron chi connectivity index (χ4n) is 3.29. The molecule has 4 aromatic rings. The van der Waals surface area contributed by atoms with Crippen molar-refractivity contribution in [3.63, 3.8) is 0 Å². The van der Waals surface area contributed by atoms with Crippen LogP contribution in [-0.2, 0) is 9.59 Å². The number of benzene rings is 4. The molecule has 1 radical (unpaired) electrons. The molecule has 4 aromatic carbocycles. The van der Waals surface area contributed by atoms with Gasteiger partial charge in [0.1, 0.15) is 0 Å². The first-order chi connectivity index (χ1) is 17.3. The first kappa shape index (κ1) is 27.8. The van der Waals surface area contributed by atoms with E-state index in [1.54, 1.807) is 0 Å². The summed E-state index contributed by atoms with van der Waals surface area (Å²) in [4.78, 5) is 21.5. The summed E-state index contributed by atoms with van der Waals surface area (Å²) in [7, 11) is 0. The number of hydrogen-bond acceptors (Lipinski definition) is 2. The van der Waals surface area contributed by atoms with E-state index in [0.29, 0.717) is 11.1 Å². The average Bonchev–Trinajstić information content (AvgIpc) is 2.87. The van der Waals surface area contributed by atoms with Gasteiger partial charge < -0.3 is 10.4 Å². The predicted octanol–water partition coefficient (Wildman–Crippen LogP) is 5.43. The van der Waals surface area contributed by atoms with E-state index in [-0.39, 0.29) is 15.7 Å². The number of hydrogen-bond donors (Lipinski definition) is 2. The summed E-state index contributed by atoms with van der Waals surface area (Å²) in [5, 5.41) is 11.4. The number of aliphatic carboxylic acids is 1. The molecular formula is C28H21Cl3NO3Sn. The van der Waals surface area contributed by atoms with Gasteiger partial charge in [0.05, 0.1) is 15.7 Å². The zero-order valence-corrected chi connectivity index (χ0v) is 24.0. The van der Waals surface area contributed by atoms with Crippen LogP contribution in [0.2, 0.25) is 15.1 Å². The summed E-state index contributed by atoms with van der Waals surface area (Å²) in [6, 6.07) is 35.8. The second kappa shape index (κ2) is 14.1. The maximum atomic E-state index is 11.3. The minimum absolute atomic E-state index is 0.166. The molecule has 0 aromatic heterocycles. The molecule has 0 saturated carbocycles. The summed E-state index contributed by atoms with van der Waals surface area (Å²) in [5.74, 6) is -1.88. The van der Waals surface area contributed by atoms with E-state index in [0.717, 1.165) is 6.08 Å². The van der Waals surface area contributed by atoms with Gasteiger partial charge in [0.25, 0.3) is 0 Å². The number of rotatable bonds is 6. The Kier molecular flexibility index (Phi) is 10.9. The van der Waals surface area contributed by atoms with Gasteiger partial charge in [-0.25, -0.2) is 4.79 Å². The van der Waals surface area contributed by atoms with Crippen LogP contribution in [0.3, 0.4) is 0 Å².